The summed E-state index contributed by atoms with van der Waals surface area (Å²) in [6, 6.07) is 6.41. The van der Waals surface area contributed by atoms with Gasteiger partial charge >= 0.3 is 0 Å². The van der Waals surface area contributed by atoms with E-state index in [0.29, 0.717) is 0 Å². The lowest BCUT2D eigenvalue weighted by atomic mass is 10.0. The first-order valence-electron chi connectivity index (χ1n) is 6.97. The quantitative estimate of drug-likeness (QED) is 0.620. The van der Waals surface area contributed by atoms with Crippen LogP contribution >= 0.6 is 11.8 Å². The molecule has 3 nitrogen and oxygen atoms in total. The largest absolute Gasteiger partial charge is 0.497 e. The van der Waals surface area contributed by atoms with Crippen LogP contribution in [0.4, 0.5) is 0 Å². The number of nitrogens with one attached hydrogen (secondary N) is 1. The van der Waals surface area contributed by atoms with E-state index >= 15 is 0 Å². The number of nitrogens with two attached hydrogens (primary N) is 1. The maximum atomic E-state index is 5.73. The van der Waals surface area contributed by atoms with Gasteiger partial charge in [-0.2, -0.15) is 11.8 Å². The van der Waals surface area contributed by atoms with Gasteiger partial charge in [0.25, 0.3) is 0 Å². The Hall–Kier alpha value is -0.710. The van der Waals surface area contributed by atoms with Gasteiger partial charge in [-0.05, 0) is 43.0 Å². The number of ether oxygens (including phenoxy) is 1. The van der Waals surface area contributed by atoms with Crippen LogP contribution in [0.2, 0.25) is 0 Å². The molecule has 0 aromatic heterocycles. The summed E-state index contributed by atoms with van der Waals surface area (Å²) in [5, 5.41) is 0.828. The van der Waals surface area contributed by atoms with E-state index in [9.17, 15) is 0 Å². The highest BCUT2D eigenvalue weighted by molar-refractivity contribution is 7.99. The molecule has 1 aromatic carbocycles. The second-order valence-corrected chi connectivity index (χ2v) is 6.51. The molecular weight excluding hydrogens is 256 g/mol. The molecule has 106 valence electrons. The number of benzene rings is 1. The van der Waals surface area contributed by atoms with Gasteiger partial charge in [0.2, 0.25) is 0 Å². The van der Waals surface area contributed by atoms with Crippen LogP contribution < -0.4 is 16.0 Å². The van der Waals surface area contributed by atoms with Crippen LogP contribution in [0.25, 0.3) is 0 Å². The molecule has 0 spiro atoms. The molecule has 0 heterocycles. The molecule has 0 radical (unpaired) electrons. The SMILES string of the molecule is COc1ccc(C(CSC2CCCC2)NN)c(C)c1. The zero-order valence-electron chi connectivity index (χ0n) is 11.8. The summed E-state index contributed by atoms with van der Waals surface area (Å²) in [4.78, 5) is 0. The molecule has 1 saturated carbocycles. The summed E-state index contributed by atoms with van der Waals surface area (Å²) >= 11 is 2.06. The van der Waals surface area contributed by atoms with E-state index < -0.39 is 0 Å². The number of aryl methyl sites for hydroxylation is 1. The summed E-state index contributed by atoms with van der Waals surface area (Å²) in [7, 11) is 1.70. The van der Waals surface area contributed by atoms with Crippen molar-refractivity contribution in [2.24, 2.45) is 5.84 Å². The van der Waals surface area contributed by atoms with Crippen molar-refractivity contribution in [2.75, 3.05) is 12.9 Å². The normalized spacial score (nSPS) is 17.6. The summed E-state index contributed by atoms with van der Waals surface area (Å²) in [6.07, 6.45) is 5.51. The Bertz CT molecular complexity index is 405. The molecule has 1 atom stereocenters. The van der Waals surface area contributed by atoms with Crippen molar-refractivity contribution >= 4 is 11.8 Å². The molecule has 3 N–H and O–H groups in total. The molecular formula is C15H24N2OS. The molecule has 1 aliphatic carbocycles. The first-order valence-corrected chi connectivity index (χ1v) is 8.01. The third kappa shape index (κ3) is 3.88. The monoisotopic (exact) mass is 280 g/mol. The van der Waals surface area contributed by atoms with E-state index in [1.807, 2.05) is 6.07 Å². The number of rotatable bonds is 6. The fourth-order valence-corrected chi connectivity index (χ4v) is 4.09. The Labute approximate surface area is 120 Å². The minimum Gasteiger partial charge on any atom is -0.497 e. The average Bonchev–Trinajstić information content (AvgIpc) is 2.94. The number of hydrazine groups is 1. The van der Waals surface area contributed by atoms with Gasteiger partial charge in [0.1, 0.15) is 5.75 Å². The van der Waals surface area contributed by atoms with Gasteiger partial charge in [-0.3, -0.25) is 11.3 Å². The van der Waals surface area contributed by atoms with Gasteiger partial charge < -0.3 is 4.74 Å². The number of hydrogen-bond donors (Lipinski definition) is 2. The van der Waals surface area contributed by atoms with E-state index in [-0.39, 0.29) is 6.04 Å². The molecule has 1 fully saturated rings. The topological polar surface area (TPSA) is 47.3 Å². The van der Waals surface area contributed by atoms with Crippen molar-refractivity contribution in [3.05, 3.63) is 29.3 Å². The van der Waals surface area contributed by atoms with Gasteiger partial charge in [0.15, 0.2) is 0 Å². The summed E-state index contributed by atoms with van der Waals surface area (Å²) in [6.45, 7) is 2.11. The minimum absolute atomic E-state index is 0.219. The Balaban J connectivity index is 1.99. The maximum Gasteiger partial charge on any atom is 0.119 e. The van der Waals surface area contributed by atoms with Crippen LogP contribution in [-0.4, -0.2) is 18.1 Å². The van der Waals surface area contributed by atoms with Crippen molar-refractivity contribution in [2.45, 2.75) is 43.9 Å². The molecule has 19 heavy (non-hydrogen) atoms. The highest BCUT2D eigenvalue weighted by Crippen LogP contribution is 2.33. The summed E-state index contributed by atoms with van der Waals surface area (Å²) in [5.74, 6) is 7.67. The number of hydrogen-bond acceptors (Lipinski definition) is 4. The number of methoxy groups -OCH3 is 1. The smallest absolute Gasteiger partial charge is 0.119 e. The zero-order valence-corrected chi connectivity index (χ0v) is 12.6. The lowest BCUT2D eigenvalue weighted by Crippen LogP contribution is -2.30. The van der Waals surface area contributed by atoms with Crippen LogP contribution in [0.1, 0.15) is 42.9 Å². The predicted octanol–water partition coefficient (Wildman–Crippen LogP) is 3.18. The zero-order chi connectivity index (χ0) is 13.7. The van der Waals surface area contributed by atoms with Gasteiger partial charge in [-0.25, -0.2) is 0 Å². The third-order valence-corrected chi connectivity index (χ3v) is 5.32. The van der Waals surface area contributed by atoms with Crippen LogP contribution in [0.3, 0.4) is 0 Å². The predicted molar refractivity (Wildman–Crippen MR) is 82.5 cm³/mol. The summed E-state index contributed by atoms with van der Waals surface area (Å²) in [5.41, 5.74) is 5.46. The highest BCUT2D eigenvalue weighted by atomic mass is 32.2. The van der Waals surface area contributed by atoms with Crippen molar-refractivity contribution in [1.82, 2.24) is 5.43 Å². The van der Waals surface area contributed by atoms with Gasteiger partial charge in [0, 0.05) is 11.0 Å². The standard InChI is InChI=1S/C15H24N2OS/c1-11-9-12(18-2)7-8-14(11)15(17-16)10-19-13-5-3-4-6-13/h7-9,13,15,17H,3-6,10,16H2,1-2H3. The van der Waals surface area contributed by atoms with Crippen molar-refractivity contribution in [1.29, 1.82) is 0 Å². The van der Waals surface area contributed by atoms with E-state index in [1.165, 1.54) is 36.8 Å². The lowest BCUT2D eigenvalue weighted by molar-refractivity contribution is 0.414. The maximum absolute atomic E-state index is 5.73. The fourth-order valence-electron chi connectivity index (χ4n) is 2.68. The second-order valence-electron chi connectivity index (χ2n) is 5.18. The van der Waals surface area contributed by atoms with Crippen molar-refractivity contribution < 1.29 is 4.74 Å². The minimum atomic E-state index is 0.219. The van der Waals surface area contributed by atoms with Gasteiger partial charge in [0.05, 0.1) is 13.2 Å². The Morgan fingerprint density at radius 2 is 2.16 bits per heavy atom. The fraction of sp³-hybridized carbons (Fsp3) is 0.600. The van der Waals surface area contributed by atoms with E-state index in [0.717, 1.165) is 16.8 Å². The highest BCUT2D eigenvalue weighted by Gasteiger charge is 2.19. The molecule has 1 unspecified atom stereocenters. The molecule has 0 aliphatic heterocycles. The molecule has 0 bridgehead atoms. The van der Waals surface area contributed by atoms with Crippen molar-refractivity contribution in [3.63, 3.8) is 0 Å². The van der Waals surface area contributed by atoms with Gasteiger partial charge in [-0.1, -0.05) is 18.9 Å². The Kier molecular flexibility index (Phi) is 5.55. The average molecular weight is 280 g/mol. The number of thioether (sulfide) groups is 1. The van der Waals surface area contributed by atoms with E-state index in [1.54, 1.807) is 7.11 Å². The molecule has 1 aliphatic rings. The van der Waals surface area contributed by atoms with E-state index in [4.69, 9.17) is 10.6 Å². The van der Waals surface area contributed by atoms with Crippen LogP contribution in [-0.2, 0) is 0 Å². The lowest BCUT2D eigenvalue weighted by Gasteiger charge is -2.20. The Morgan fingerprint density at radius 3 is 2.74 bits per heavy atom. The van der Waals surface area contributed by atoms with Crippen LogP contribution in [0.5, 0.6) is 5.75 Å². The molecule has 2 rings (SSSR count). The van der Waals surface area contributed by atoms with Gasteiger partial charge in [-0.15, -0.1) is 0 Å². The van der Waals surface area contributed by atoms with Crippen molar-refractivity contribution in [3.8, 4) is 5.75 Å². The second kappa shape index (κ2) is 7.17. The summed E-state index contributed by atoms with van der Waals surface area (Å²) < 4.78 is 5.25. The third-order valence-electron chi connectivity index (χ3n) is 3.85. The van der Waals surface area contributed by atoms with Crippen LogP contribution in [0.15, 0.2) is 18.2 Å². The molecule has 4 heteroatoms. The molecule has 1 aromatic rings. The first kappa shape index (κ1) is 14.7. The van der Waals surface area contributed by atoms with E-state index in [2.05, 4.69) is 36.2 Å². The molecule has 0 amide bonds. The first-order chi connectivity index (χ1) is 9.24. The van der Waals surface area contributed by atoms with Crippen LogP contribution in [0, 0.1) is 6.92 Å². The Morgan fingerprint density at radius 1 is 1.42 bits per heavy atom. The molecule has 0 saturated heterocycles.